The summed E-state index contributed by atoms with van der Waals surface area (Å²) >= 11 is 0. The van der Waals surface area contributed by atoms with Crippen LogP contribution in [0.5, 0.6) is 0 Å². The number of hydrogen-bond donors (Lipinski definition) is 0. The van der Waals surface area contributed by atoms with Crippen molar-refractivity contribution in [2.24, 2.45) is 0 Å². The molecule has 0 N–H and O–H groups in total. The summed E-state index contributed by atoms with van der Waals surface area (Å²) in [6.07, 6.45) is 1.59. The zero-order chi connectivity index (χ0) is 23.4. The van der Waals surface area contributed by atoms with Crippen LogP contribution >= 0.6 is 0 Å². The number of aryl methyl sites for hydroxylation is 3. The van der Waals surface area contributed by atoms with E-state index in [0.717, 1.165) is 16.7 Å². The summed E-state index contributed by atoms with van der Waals surface area (Å²) in [6, 6.07) is 12.1. The highest BCUT2D eigenvalue weighted by molar-refractivity contribution is 6.10. The first-order chi connectivity index (χ1) is 15.8. The smallest absolute Gasteiger partial charge is 0.296 e. The summed E-state index contributed by atoms with van der Waals surface area (Å²) in [5, 5.41) is 11.5. The van der Waals surface area contributed by atoms with E-state index in [2.05, 4.69) is 4.98 Å². The predicted octanol–water partition coefficient (Wildman–Crippen LogP) is 4.77. The number of carbonyl (C=O) groups excluding carboxylic acids is 1. The van der Waals surface area contributed by atoms with E-state index in [4.69, 9.17) is 4.42 Å². The number of pyridine rings is 1. The van der Waals surface area contributed by atoms with Crippen LogP contribution in [-0.4, -0.2) is 15.8 Å². The Hall–Kier alpha value is -4.33. The number of amides is 1. The molecule has 0 aliphatic carbocycles. The minimum Gasteiger partial charge on any atom is -0.450 e. The van der Waals surface area contributed by atoms with Crippen molar-refractivity contribution in [2.45, 2.75) is 26.8 Å². The molecule has 0 fully saturated rings. The van der Waals surface area contributed by atoms with E-state index < -0.39 is 16.9 Å². The van der Waals surface area contributed by atoms with Crippen molar-refractivity contribution < 1.29 is 14.1 Å². The maximum atomic E-state index is 13.7. The quantitative estimate of drug-likeness (QED) is 0.335. The molecule has 0 unspecified atom stereocenters. The lowest BCUT2D eigenvalue weighted by molar-refractivity contribution is -0.384. The fraction of sp³-hybridized carbons (Fsp3) is 0.160. The van der Waals surface area contributed by atoms with E-state index in [0.29, 0.717) is 22.4 Å². The number of anilines is 1. The third kappa shape index (κ3) is 3.18. The Kier molecular flexibility index (Phi) is 4.59. The van der Waals surface area contributed by atoms with Gasteiger partial charge in [0.2, 0.25) is 5.76 Å². The standard InChI is InChI=1S/C25H19N3O5/c1-13-8-9-26-20(10-13)27-22(16-4-6-17(7-5-16)28(31)32)21-23(29)18-11-14(2)15(3)12-19(18)33-24(21)25(27)30/h4-12,22H,1-3H3/t22-/m1/s1. The molecule has 5 rings (SSSR count). The van der Waals surface area contributed by atoms with E-state index >= 15 is 0 Å². The molecule has 1 amide bonds. The Bertz CT molecular complexity index is 1520. The van der Waals surface area contributed by atoms with Crippen LogP contribution in [0.25, 0.3) is 11.0 Å². The molecule has 8 nitrogen and oxygen atoms in total. The van der Waals surface area contributed by atoms with Gasteiger partial charge >= 0.3 is 0 Å². The molecule has 3 heterocycles. The first-order valence-electron chi connectivity index (χ1n) is 10.3. The first-order valence-corrected chi connectivity index (χ1v) is 10.3. The summed E-state index contributed by atoms with van der Waals surface area (Å²) in [7, 11) is 0. The Morgan fingerprint density at radius 1 is 1.00 bits per heavy atom. The third-order valence-corrected chi connectivity index (χ3v) is 6.05. The lowest BCUT2D eigenvalue weighted by Gasteiger charge is -2.24. The van der Waals surface area contributed by atoms with Crippen LogP contribution in [0.3, 0.4) is 0 Å². The van der Waals surface area contributed by atoms with Crippen LogP contribution in [0.4, 0.5) is 11.5 Å². The molecule has 1 aliphatic rings. The minimum absolute atomic E-state index is 0.0394. The Labute approximate surface area is 188 Å². The number of fused-ring (bicyclic) bond motifs is 2. The number of hydrogen-bond acceptors (Lipinski definition) is 6. The molecule has 0 saturated heterocycles. The normalized spacial score (nSPS) is 15.2. The van der Waals surface area contributed by atoms with Gasteiger partial charge in [-0.25, -0.2) is 4.98 Å². The summed E-state index contributed by atoms with van der Waals surface area (Å²) in [4.78, 5) is 43.6. The average molecular weight is 441 g/mol. The number of nitro benzene ring substituents is 1. The van der Waals surface area contributed by atoms with E-state index in [1.54, 1.807) is 42.6 Å². The Morgan fingerprint density at radius 2 is 1.70 bits per heavy atom. The molecule has 0 spiro atoms. The Morgan fingerprint density at radius 3 is 2.36 bits per heavy atom. The summed E-state index contributed by atoms with van der Waals surface area (Å²) in [6.45, 7) is 5.69. The van der Waals surface area contributed by atoms with Gasteiger partial charge in [0.1, 0.15) is 11.4 Å². The van der Waals surface area contributed by atoms with Crippen LogP contribution in [0.15, 0.2) is 63.9 Å². The molecule has 0 bridgehead atoms. The van der Waals surface area contributed by atoms with Crippen LogP contribution in [-0.2, 0) is 0 Å². The third-order valence-electron chi connectivity index (χ3n) is 6.05. The number of aromatic nitrogens is 1. The second-order valence-corrected chi connectivity index (χ2v) is 8.22. The summed E-state index contributed by atoms with van der Waals surface area (Å²) in [5.41, 5.74) is 3.47. The highest BCUT2D eigenvalue weighted by Crippen LogP contribution is 2.41. The van der Waals surface area contributed by atoms with Gasteiger partial charge in [0, 0.05) is 18.3 Å². The van der Waals surface area contributed by atoms with Crippen molar-refractivity contribution in [2.75, 3.05) is 4.90 Å². The van der Waals surface area contributed by atoms with Gasteiger partial charge in [-0.1, -0.05) is 0 Å². The van der Waals surface area contributed by atoms with E-state index in [1.807, 2.05) is 20.8 Å². The minimum atomic E-state index is -0.829. The fourth-order valence-corrected chi connectivity index (χ4v) is 4.21. The zero-order valence-corrected chi connectivity index (χ0v) is 18.2. The molecule has 4 aromatic rings. The van der Waals surface area contributed by atoms with E-state index in [-0.39, 0.29) is 22.4 Å². The maximum Gasteiger partial charge on any atom is 0.296 e. The molecule has 164 valence electrons. The van der Waals surface area contributed by atoms with Crippen molar-refractivity contribution in [3.63, 3.8) is 0 Å². The van der Waals surface area contributed by atoms with Gasteiger partial charge in [0.25, 0.3) is 11.6 Å². The first kappa shape index (κ1) is 20.6. The number of non-ortho nitro benzene ring substituents is 1. The lowest BCUT2D eigenvalue weighted by Crippen LogP contribution is -2.30. The second-order valence-electron chi connectivity index (χ2n) is 8.22. The number of rotatable bonds is 3. The van der Waals surface area contributed by atoms with Crippen LogP contribution < -0.4 is 10.3 Å². The monoisotopic (exact) mass is 441 g/mol. The molecular formula is C25H19N3O5. The number of benzene rings is 2. The number of nitrogens with zero attached hydrogens (tertiary/aromatic N) is 3. The van der Waals surface area contributed by atoms with Gasteiger partial charge < -0.3 is 4.42 Å². The number of carbonyl (C=O) groups is 1. The molecular weight excluding hydrogens is 422 g/mol. The summed E-state index contributed by atoms with van der Waals surface area (Å²) < 4.78 is 6.00. The summed E-state index contributed by atoms with van der Waals surface area (Å²) in [5.74, 6) is -0.156. The molecule has 0 radical (unpaired) electrons. The van der Waals surface area contributed by atoms with Gasteiger partial charge in [-0.3, -0.25) is 24.6 Å². The van der Waals surface area contributed by atoms with Gasteiger partial charge in [-0.05, 0) is 79.4 Å². The number of nitro groups is 1. The fourth-order valence-electron chi connectivity index (χ4n) is 4.21. The molecule has 2 aromatic carbocycles. The molecule has 1 aliphatic heterocycles. The highest BCUT2D eigenvalue weighted by Gasteiger charge is 2.44. The van der Waals surface area contributed by atoms with Gasteiger partial charge in [-0.15, -0.1) is 0 Å². The average Bonchev–Trinajstić information content (AvgIpc) is 3.08. The van der Waals surface area contributed by atoms with Gasteiger partial charge in [0.15, 0.2) is 5.43 Å². The van der Waals surface area contributed by atoms with Crippen LogP contribution in [0, 0.1) is 30.9 Å². The largest absolute Gasteiger partial charge is 0.450 e. The molecule has 0 saturated carbocycles. The van der Waals surface area contributed by atoms with Crippen molar-refractivity contribution in [3.05, 3.63) is 109 Å². The Balaban J connectivity index is 1.80. The molecule has 33 heavy (non-hydrogen) atoms. The van der Waals surface area contributed by atoms with Crippen molar-refractivity contribution >= 4 is 28.4 Å². The van der Waals surface area contributed by atoms with Crippen molar-refractivity contribution in [3.8, 4) is 0 Å². The van der Waals surface area contributed by atoms with Gasteiger partial charge in [-0.2, -0.15) is 0 Å². The topological polar surface area (TPSA) is 107 Å². The SMILES string of the molecule is Cc1ccnc(N2C(=O)c3oc4cc(C)c(C)cc4c(=O)c3[C@H]2c2ccc([N+](=O)[O-])cc2)c1. The highest BCUT2D eigenvalue weighted by atomic mass is 16.6. The zero-order valence-electron chi connectivity index (χ0n) is 18.2. The second kappa shape index (κ2) is 7.37. The van der Waals surface area contributed by atoms with Crippen LogP contribution in [0.2, 0.25) is 0 Å². The predicted molar refractivity (Wildman–Crippen MR) is 123 cm³/mol. The van der Waals surface area contributed by atoms with E-state index in [1.165, 1.54) is 17.0 Å². The lowest BCUT2D eigenvalue weighted by atomic mass is 9.97. The van der Waals surface area contributed by atoms with Crippen LogP contribution in [0.1, 0.15) is 44.4 Å². The van der Waals surface area contributed by atoms with Gasteiger partial charge in [0.05, 0.1) is 21.9 Å². The van der Waals surface area contributed by atoms with Crippen molar-refractivity contribution in [1.82, 2.24) is 4.98 Å². The molecule has 2 aromatic heterocycles. The van der Waals surface area contributed by atoms with Crippen molar-refractivity contribution in [1.29, 1.82) is 0 Å². The van der Waals surface area contributed by atoms with E-state index in [9.17, 15) is 19.7 Å². The molecule has 8 heteroatoms. The maximum absolute atomic E-state index is 13.7. The molecule has 1 atom stereocenters.